The molecule has 0 saturated heterocycles. The van der Waals surface area contributed by atoms with Crippen LogP contribution in [0.2, 0.25) is 0 Å². The zero-order valence-electron chi connectivity index (χ0n) is 18.0. The van der Waals surface area contributed by atoms with Gasteiger partial charge in [0, 0.05) is 42.2 Å². The van der Waals surface area contributed by atoms with Crippen LogP contribution in [-0.2, 0) is 30.9 Å². The molecule has 2 aromatic heterocycles. The van der Waals surface area contributed by atoms with Gasteiger partial charge >= 0.3 is 6.18 Å². The standard InChI is InChI=1S/C24H19F4N5O/c1-32-11-17(20-22(29)30-12-31-23(20)32)15-5-6-18-16(21(15)25)7-8-33(18)19(34)10-13-3-2-4-14(9-13)24(26,27)28/h2-6,9,11-12H,7-8,10H2,1H3,(H2,29,30,31). The number of carbonyl (C=O) groups excluding carboxylic acids is 1. The SMILES string of the molecule is Cn1cc(-c2ccc3c(c2F)CCN3C(=O)Cc2cccc(C(F)(F)F)c2)c2c(N)ncnc21. The molecule has 0 atom stereocenters. The third-order valence-corrected chi connectivity index (χ3v) is 6.08. The van der Waals surface area contributed by atoms with Gasteiger partial charge in [-0.15, -0.1) is 0 Å². The van der Waals surface area contributed by atoms with Crippen LogP contribution in [0.5, 0.6) is 0 Å². The number of aryl methyl sites for hydroxylation is 1. The molecule has 4 aromatic rings. The third kappa shape index (κ3) is 3.55. The molecule has 0 bridgehead atoms. The van der Waals surface area contributed by atoms with E-state index in [2.05, 4.69) is 9.97 Å². The first kappa shape index (κ1) is 21.9. The maximum Gasteiger partial charge on any atom is 0.416 e. The molecule has 1 amide bonds. The first-order valence-corrected chi connectivity index (χ1v) is 10.5. The van der Waals surface area contributed by atoms with Crippen molar-refractivity contribution >= 4 is 28.4 Å². The molecule has 0 fully saturated rings. The Kier molecular flexibility index (Phi) is 5.03. The molecular weight excluding hydrogens is 450 g/mol. The molecule has 10 heteroatoms. The van der Waals surface area contributed by atoms with Crippen molar-refractivity contribution in [3.63, 3.8) is 0 Å². The van der Waals surface area contributed by atoms with E-state index in [4.69, 9.17) is 5.73 Å². The second-order valence-electron chi connectivity index (χ2n) is 8.21. The van der Waals surface area contributed by atoms with Crippen LogP contribution < -0.4 is 10.6 Å². The Morgan fingerprint density at radius 1 is 1.15 bits per heavy atom. The molecule has 0 radical (unpaired) electrons. The summed E-state index contributed by atoms with van der Waals surface area (Å²) in [5, 5.41) is 0.541. The molecule has 1 aliphatic heterocycles. The van der Waals surface area contributed by atoms with Crippen LogP contribution in [0.1, 0.15) is 16.7 Å². The van der Waals surface area contributed by atoms with Crippen LogP contribution in [0.3, 0.4) is 0 Å². The average Bonchev–Trinajstić information content (AvgIpc) is 3.37. The Morgan fingerprint density at radius 2 is 1.94 bits per heavy atom. The molecule has 1 aliphatic rings. The van der Waals surface area contributed by atoms with Gasteiger partial charge in [-0.25, -0.2) is 14.4 Å². The van der Waals surface area contributed by atoms with Gasteiger partial charge in [-0.1, -0.05) is 18.2 Å². The number of carbonyl (C=O) groups is 1. The highest BCUT2D eigenvalue weighted by molar-refractivity contribution is 6.02. The van der Waals surface area contributed by atoms with Crippen molar-refractivity contribution in [3.05, 3.63) is 71.4 Å². The number of halogens is 4. The molecule has 0 aliphatic carbocycles. The summed E-state index contributed by atoms with van der Waals surface area (Å²) in [7, 11) is 1.78. The normalized spacial score (nSPS) is 13.5. The minimum Gasteiger partial charge on any atom is -0.383 e. The summed E-state index contributed by atoms with van der Waals surface area (Å²) in [6.45, 7) is 0.244. The number of nitrogen functional groups attached to an aromatic ring is 1. The van der Waals surface area contributed by atoms with Gasteiger partial charge in [0.05, 0.1) is 17.4 Å². The van der Waals surface area contributed by atoms with E-state index >= 15 is 4.39 Å². The second kappa shape index (κ2) is 7.82. The first-order valence-electron chi connectivity index (χ1n) is 10.5. The summed E-state index contributed by atoms with van der Waals surface area (Å²) in [4.78, 5) is 22.6. The number of anilines is 2. The Bertz CT molecular complexity index is 1440. The maximum atomic E-state index is 15.6. The van der Waals surface area contributed by atoms with Gasteiger partial charge in [0.25, 0.3) is 0 Å². The third-order valence-electron chi connectivity index (χ3n) is 6.08. The quantitative estimate of drug-likeness (QED) is 0.448. The number of benzene rings is 2. The largest absolute Gasteiger partial charge is 0.416 e. The van der Waals surface area contributed by atoms with Crippen molar-refractivity contribution in [2.75, 3.05) is 17.2 Å². The van der Waals surface area contributed by atoms with Crippen LogP contribution in [0, 0.1) is 5.82 Å². The van der Waals surface area contributed by atoms with E-state index in [9.17, 15) is 18.0 Å². The number of nitrogens with two attached hydrogens (primary N) is 1. The van der Waals surface area contributed by atoms with E-state index in [1.54, 1.807) is 29.9 Å². The van der Waals surface area contributed by atoms with Gasteiger partial charge in [-0.05, 0) is 30.2 Å². The summed E-state index contributed by atoms with van der Waals surface area (Å²) in [5.41, 5.74) is 7.70. The number of fused-ring (bicyclic) bond motifs is 2. The number of alkyl halides is 3. The van der Waals surface area contributed by atoms with Gasteiger partial charge in [0.1, 0.15) is 23.6 Å². The lowest BCUT2D eigenvalue weighted by molar-refractivity contribution is -0.137. The van der Waals surface area contributed by atoms with E-state index in [1.807, 2.05) is 0 Å². The Hall–Kier alpha value is -3.95. The Labute approximate surface area is 191 Å². The lowest BCUT2D eigenvalue weighted by Crippen LogP contribution is -2.30. The molecule has 0 saturated carbocycles. The van der Waals surface area contributed by atoms with Crippen LogP contribution in [0.25, 0.3) is 22.2 Å². The van der Waals surface area contributed by atoms with Crippen molar-refractivity contribution in [1.82, 2.24) is 14.5 Å². The number of hydrogen-bond acceptors (Lipinski definition) is 4. The Morgan fingerprint density at radius 3 is 2.71 bits per heavy atom. The van der Waals surface area contributed by atoms with E-state index in [-0.39, 0.29) is 24.3 Å². The highest BCUT2D eigenvalue weighted by Gasteiger charge is 2.32. The van der Waals surface area contributed by atoms with Crippen molar-refractivity contribution in [2.24, 2.45) is 7.05 Å². The first-order chi connectivity index (χ1) is 16.1. The van der Waals surface area contributed by atoms with E-state index in [0.717, 1.165) is 12.1 Å². The van der Waals surface area contributed by atoms with Gasteiger partial charge in [-0.3, -0.25) is 4.79 Å². The second-order valence-corrected chi connectivity index (χ2v) is 8.21. The minimum absolute atomic E-state index is 0.218. The van der Waals surface area contributed by atoms with Gasteiger partial charge < -0.3 is 15.2 Å². The topological polar surface area (TPSA) is 77.0 Å². The smallest absolute Gasteiger partial charge is 0.383 e. The molecule has 174 valence electrons. The van der Waals surface area contributed by atoms with Crippen molar-refractivity contribution in [1.29, 1.82) is 0 Å². The van der Waals surface area contributed by atoms with Crippen molar-refractivity contribution in [2.45, 2.75) is 19.0 Å². The molecule has 34 heavy (non-hydrogen) atoms. The minimum atomic E-state index is -4.49. The summed E-state index contributed by atoms with van der Waals surface area (Å²) >= 11 is 0. The number of hydrogen-bond donors (Lipinski definition) is 1. The van der Waals surface area contributed by atoms with Crippen molar-refractivity contribution in [3.8, 4) is 11.1 Å². The summed E-state index contributed by atoms with van der Waals surface area (Å²) < 4.78 is 56.3. The molecule has 0 unspecified atom stereocenters. The predicted octanol–water partition coefficient (Wildman–Crippen LogP) is 4.51. The monoisotopic (exact) mass is 469 g/mol. The van der Waals surface area contributed by atoms with Crippen molar-refractivity contribution < 1.29 is 22.4 Å². The molecule has 6 nitrogen and oxygen atoms in total. The lowest BCUT2D eigenvalue weighted by atomic mass is 10.0. The van der Waals surface area contributed by atoms with Crippen LogP contribution in [0.4, 0.5) is 29.1 Å². The van der Waals surface area contributed by atoms with E-state index in [1.165, 1.54) is 23.4 Å². The van der Waals surface area contributed by atoms with Gasteiger partial charge in [-0.2, -0.15) is 13.2 Å². The van der Waals surface area contributed by atoms with Gasteiger partial charge in [0.15, 0.2) is 0 Å². The fourth-order valence-electron chi connectivity index (χ4n) is 4.48. The van der Waals surface area contributed by atoms with Gasteiger partial charge in [0.2, 0.25) is 5.91 Å². The molecule has 2 N–H and O–H groups in total. The maximum absolute atomic E-state index is 15.6. The highest BCUT2D eigenvalue weighted by atomic mass is 19.4. The highest BCUT2D eigenvalue weighted by Crippen LogP contribution is 2.39. The molecular formula is C24H19F4N5O. The molecule has 5 rings (SSSR count). The molecule has 3 heterocycles. The number of nitrogens with zero attached hydrogens (tertiary/aromatic N) is 4. The predicted molar refractivity (Wildman–Crippen MR) is 120 cm³/mol. The zero-order chi connectivity index (χ0) is 24.2. The summed E-state index contributed by atoms with van der Waals surface area (Å²) in [5.74, 6) is -0.631. The fourth-order valence-corrected chi connectivity index (χ4v) is 4.48. The summed E-state index contributed by atoms with van der Waals surface area (Å²) in [6.07, 6.45) is -1.35. The number of aromatic nitrogens is 3. The van der Waals surface area contributed by atoms with Crippen LogP contribution in [0.15, 0.2) is 48.9 Å². The number of rotatable bonds is 3. The van der Waals surface area contributed by atoms with Crippen LogP contribution >= 0.6 is 0 Å². The summed E-state index contributed by atoms with van der Waals surface area (Å²) in [6, 6.07) is 7.90. The molecule has 2 aromatic carbocycles. The Balaban J connectivity index is 1.47. The molecule has 0 spiro atoms. The lowest BCUT2D eigenvalue weighted by Gasteiger charge is -2.18. The number of amides is 1. The van der Waals surface area contributed by atoms with E-state index in [0.29, 0.717) is 39.8 Å². The van der Waals surface area contributed by atoms with E-state index < -0.39 is 23.5 Å². The average molecular weight is 469 g/mol. The zero-order valence-corrected chi connectivity index (χ0v) is 18.0. The van der Waals surface area contributed by atoms with Crippen LogP contribution in [-0.4, -0.2) is 27.0 Å². The fraction of sp³-hybridized carbons (Fsp3) is 0.208.